The van der Waals surface area contributed by atoms with Gasteiger partial charge in [-0.3, -0.25) is 0 Å². The van der Waals surface area contributed by atoms with Crippen molar-refractivity contribution in [3.8, 4) is 0 Å². The number of unbranched alkanes of at least 4 members (excludes halogenated alkanes) is 4. The standard InChI is InChI=1S/C10H20/c1-3-5-7-9-10-8-6-4-2/h7,9H,3-6,8,10H2,1-2H3/b9-7-. The number of hydrogen-bond donors (Lipinski definition) is 0. The van der Waals surface area contributed by atoms with E-state index in [0.29, 0.717) is 0 Å². The highest BCUT2D eigenvalue weighted by molar-refractivity contribution is 4.80. The van der Waals surface area contributed by atoms with Crippen molar-refractivity contribution in [3.05, 3.63) is 12.2 Å². The van der Waals surface area contributed by atoms with Crippen molar-refractivity contribution < 1.29 is 0 Å². The van der Waals surface area contributed by atoms with E-state index in [9.17, 15) is 0 Å². The predicted octanol–water partition coefficient (Wildman–Crippen LogP) is 3.92. The fourth-order valence-electron chi connectivity index (χ4n) is 0.915. The Bertz CT molecular complexity index is 72.1. The second-order valence-electron chi connectivity index (χ2n) is 2.76. The lowest BCUT2D eigenvalue weighted by molar-refractivity contribution is 0.727. The van der Waals surface area contributed by atoms with Crippen LogP contribution in [0.3, 0.4) is 0 Å². The van der Waals surface area contributed by atoms with Crippen LogP contribution >= 0.6 is 0 Å². The van der Waals surface area contributed by atoms with Gasteiger partial charge >= 0.3 is 0 Å². The van der Waals surface area contributed by atoms with Crippen LogP contribution in [0.25, 0.3) is 0 Å². The first-order valence-corrected chi connectivity index (χ1v) is 4.56. The van der Waals surface area contributed by atoms with Crippen LogP contribution in [0, 0.1) is 0 Å². The first kappa shape index (κ1) is 9.74. The molecule has 0 aliphatic carbocycles. The monoisotopic (exact) mass is 140 g/mol. The largest absolute Gasteiger partial charge is 0.0885 e. The van der Waals surface area contributed by atoms with E-state index in [-0.39, 0.29) is 0 Å². The molecule has 0 bridgehead atoms. The first-order chi connectivity index (χ1) is 4.91. The van der Waals surface area contributed by atoms with Crippen LogP contribution in [0.4, 0.5) is 0 Å². The molecular weight excluding hydrogens is 120 g/mol. The van der Waals surface area contributed by atoms with Gasteiger partial charge in [0, 0.05) is 0 Å². The Morgan fingerprint density at radius 2 is 1.50 bits per heavy atom. The van der Waals surface area contributed by atoms with Crippen molar-refractivity contribution in [2.75, 3.05) is 0 Å². The predicted molar refractivity (Wildman–Crippen MR) is 48.2 cm³/mol. The molecule has 0 spiro atoms. The molecular formula is C10H20. The van der Waals surface area contributed by atoms with Gasteiger partial charge in [0.25, 0.3) is 0 Å². The minimum absolute atomic E-state index is 1.26. The van der Waals surface area contributed by atoms with Crippen LogP contribution in [-0.2, 0) is 0 Å². The average Bonchev–Trinajstić information content (AvgIpc) is 1.97. The lowest BCUT2D eigenvalue weighted by Gasteiger charge is -1.90. The molecule has 0 amide bonds. The van der Waals surface area contributed by atoms with E-state index in [1.54, 1.807) is 0 Å². The zero-order chi connectivity index (χ0) is 7.66. The molecule has 0 saturated heterocycles. The zero-order valence-corrected chi connectivity index (χ0v) is 7.40. The quantitative estimate of drug-likeness (QED) is 0.387. The fraction of sp³-hybridized carbons (Fsp3) is 0.800. The molecule has 0 nitrogen and oxygen atoms in total. The maximum absolute atomic E-state index is 2.32. The number of rotatable bonds is 6. The molecule has 0 aromatic carbocycles. The third kappa shape index (κ3) is 7.74. The fourth-order valence-corrected chi connectivity index (χ4v) is 0.915. The molecule has 0 atom stereocenters. The Balaban J connectivity index is 2.88. The molecule has 0 unspecified atom stereocenters. The smallest absolute Gasteiger partial charge is 0.0351 e. The summed E-state index contributed by atoms with van der Waals surface area (Å²) in [4.78, 5) is 0. The summed E-state index contributed by atoms with van der Waals surface area (Å²) >= 11 is 0. The molecule has 0 fully saturated rings. The molecule has 0 radical (unpaired) electrons. The van der Waals surface area contributed by atoms with Gasteiger partial charge in [0.1, 0.15) is 0 Å². The average molecular weight is 140 g/mol. The molecule has 60 valence electrons. The van der Waals surface area contributed by atoms with Crippen LogP contribution < -0.4 is 0 Å². The Hall–Kier alpha value is -0.260. The molecule has 0 aliphatic rings. The van der Waals surface area contributed by atoms with E-state index in [1.807, 2.05) is 0 Å². The topological polar surface area (TPSA) is 0 Å². The SMILES string of the molecule is CCC/C=C\CCCCC. The lowest BCUT2D eigenvalue weighted by atomic mass is 10.2. The summed E-state index contributed by atoms with van der Waals surface area (Å²) in [7, 11) is 0. The zero-order valence-electron chi connectivity index (χ0n) is 7.40. The summed E-state index contributed by atoms with van der Waals surface area (Å²) in [5, 5.41) is 0. The van der Waals surface area contributed by atoms with Gasteiger partial charge in [0.15, 0.2) is 0 Å². The highest BCUT2D eigenvalue weighted by atomic mass is 13.9. The molecule has 0 N–H and O–H groups in total. The molecule has 0 aromatic heterocycles. The molecule has 0 heteroatoms. The Morgan fingerprint density at radius 3 is 2.10 bits per heavy atom. The second kappa shape index (κ2) is 8.74. The van der Waals surface area contributed by atoms with E-state index in [1.165, 1.54) is 38.5 Å². The van der Waals surface area contributed by atoms with E-state index >= 15 is 0 Å². The van der Waals surface area contributed by atoms with Gasteiger partial charge < -0.3 is 0 Å². The number of hydrogen-bond acceptors (Lipinski definition) is 0. The van der Waals surface area contributed by atoms with Gasteiger partial charge in [-0.25, -0.2) is 0 Å². The summed E-state index contributed by atoms with van der Waals surface area (Å²) in [6.45, 7) is 4.46. The third-order valence-electron chi connectivity index (χ3n) is 1.60. The van der Waals surface area contributed by atoms with Crippen molar-refractivity contribution in [3.63, 3.8) is 0 Å². The van der Waals surface area contributed by atoms with Crippen molar-refractivity contribution in [1.29, 1.82) is 0 Å². The van der Waals surface area contributed by atoms with Crippen molar-refractivity contribution in [2.24, 2.45) is 0 Å². The first-order valence-electron chi connectivity index (χ1n) is 4.56. The van der Waals surface area contributed by atoms with Crippen LogP contribution in [0.1, 0.15) is 52.4 Å². The summed E-state index contributed by atoms with van der Waals surface area (Å²) in [6.07, 6.45) is 12.5. The maximum atomic E-state index is 2.32. The van der Waals surface area contributed by atoms with Crippen molar-refractivity contribution in [1.82, 2.24) is 0 Å². The Kier molecular flexibility index (Phi) is 8.51. The Morgan fingerprint density at radius 1 is 0.800 bits per heavy atom. The van der Waals surface area contributed by atoms with Crippen molar-refractivity contribution >= 4 is 0 Å². The summed E-state index contributed by atoms with van der Waals surface area (Å²) < 4.78 is 0. The maximum Gasteiger partial charge on any atom is -0.0351 e. The van der Waals surface area contributed by atoms with Crippen LogP contribution in [0.2, 0.25) is 0 Å². The Labute approximate surface area is 65.3 Å². The minimum atomic E-state index is 1.26. The second-order valence-corrected chi connectivity index (χ2v) is 2.76. The normalized spacial score (nSPS) is 11.0. The summed E-state index contributed by atoms with van der Waals surface area (Å²) in [6, 6.07) is 0. The highest BCUT2D eigenvalue weighted by Crippen LogP contribution is 2.00. The van der Waals surface area contributed by atoms with Gasteiger partial charge in [-0.2, -0.15) is 0 Å². The van der Waals surface area contributed by atoms with Gasteiger partial charge in [-0.15, -0.1) is 0 Å². The number of allylic oxidation sites excluding steroid dienone is 2. The van der Waals surface area contributed by atoms with E-state index in [0.717, 1.165) is 0 Å². The molecule has 0 saturated carbocycles. The van der Waals surface area contributed by atoms with E-state index in [2.05, 4.69) is 26.0 Å². The van der Waals surface area contributed by atoms with Gasteiger partial charge in [-0.1, -0.05) is 45.3 Å². The van der Waals surface area contributed by atoms with E-state index in [4.69, 9.17) is 0 Å². The molecule has 0 aliphatic heterocycles. The third-order valence-corrected chi connectivity index (χ3v) is 1.60. The lowest BCUT2D eigenvalue weighted by Crippen LogP contribution is -1.70. The van der Waals surface area contributed by atoms with Crippen LogP contribution in [-0.4, -0.2) is 0 Å². The van der Waals surface area contributed by atoms with Gasteiger partial charge in [-0.05, 0) is 19.3 Å². The summed E-state index contributed by atoms with van der Waals surface area (Å²) in [5.74, 6) is 0. The van der Waals surface area contributed by atoms with E-state index < -0.39 is 0 Å². The molecule has 0 heterocycles. The highest BCUT2D eigenvalue weighted by Gasteiger charge is 1.80. The molecule has 0 aromatic rings. The molecule has 10 heavy (non-hydrogen) atoms. The van der Waals surface area contributed by atoms with Crippen LogP contribution in [0.5, 0.6) is 0 Å². The summed E-state index contributed by atoms with van der Waals surface area (Å²) in [5.41, 5.74) is 0. The van der Waals surface area contributed by atoms with Gasteiger partial charge in [0.2, 0.25) is 0 Å². The van der Waals surface area contributed by atoms with Crippen LogP contribution in [0.15, 0.2) is 12.2 Å². The van der Waals surface area contributed by atoms with Crippen molar-refractivity contribution in [2.45, 2.75) is 52.4 Å². The van der Waals surface area contributed by atoms with Gasteiger partial charge in [0.05, 0.1) is 0 Å². The minimum Gasteiger partial charge on any atom is -0.0885 e. The molecule has 0 rings (SSSR count).